The Kier molecular flexibility index (Phi) is 4.62. The van der Waals surface area contributed by atoms with Crippen LogP contribution in [0.25, 0.3) is 10.8 Å². The van der Waals surface area contributed by atoms with Crippen molar-refractivity contribution in [3.05, 3.63) is 83.9 Å². The maximum atomic E-state index is 12.6. The van der Waals surface area contributed by atoms with E-state index in [0.717, 1.165) is 30.6 Å². The lowest BCUT2D eigenvalue weighted by atomic mass is 9.99. The SMILES string of the molecule is O=C(CCN1CC[C@@H](c2ccccc2)C1)c1ccc2ccccc2c1. The van der Waals surface area contributed by atoms with Crippen molar-refractivity contribution < 1.29 is 4.79 Å². The van der Waals surface area contributed by atoms with Crippen LogP contribution >= 0.6 is 0 Å². The van der Waals surface area contributed by atoms with Gasteiger partial charge in [0.25, 0.3) is 0 Å². The van der Waals surface area contributed by atoms with Crippen LogP contribution in [-0.4, -0.2) is 30.3 Å². The van der Waals surface area contributed by atoms with Gasteiger partial charge in [0.2, 0.25) is 0 Å². The first kappa shape index (κ1) is 16.0. The number of fused-ring (bicyclic) bond motifs is 1. The van der Waals surface area contributed by atoms with Gasteiger partial charge in [0.1, 0.15) is 0 Å². The summed E-state index contributed by atoms with van der Waals surface area (Å²) >= 11 is 0. The predicted molar refractivity (Wildman–Crippen MR) is 103 cm³/mol. The number of benzene rings is 3. The van der Waals surface area contributed by atoms with Gasteiger partial charge in [-0.15, -0.1) is 0 Å². The van der Waals surface area contributed by atoms with Gasteiger partial charge in [0.15, 0.2) is 5.78 Å². The third-order valence-corrected chi connectivity index (χ3v) is 5.27. The number of likely N-dealkylation sites (tertiary alicyclic amines) is 1. The highest BCUT2D eigenvalue weighted by molar-refractivity contribution is 6.00. The zero-order valence-corrected chi connectivity index (χ0v) is 14.4. The first-order valence-corrected chi connectivity index (χ1v) is 9.09. The Morgan fingerprint density at radius 1 is 0.920 bits per heavy atom. The summed E-state index contributed by atoms with van der Waals surface area (Å²) in [5.74, 6) is 0.853. The fourth-order valence-electron chi connectivity index (χ4n) is 3.80. The molecule has 0 spiro atoms. The van der Waals surface area contributed by atoms with Gasteiger partial charge in [-0.1, -0.05) is 66.7 Å². The molecule has 4 rings (SSSR count). The molecule has 1 saturated heterocycles. The second-order valence-electron chi connectivity index (χ2n) is 6.93. The fraction of sp³-hybridized carbons (Fsp3) is 0.261. The van der Waals surface area contributed by atoms with Gasteiger partial charge < -0.3 is 4.90 Å². The van der Waals surface area contributed by atoms with E-state index in [-0.39, 0.29) is 5.78 Å². The third kappa shape index (κ3) is 3.64. The van der Waals surface area contributed by atoms with Crippen LogP contribution in [0.1, 0.15) is 34.7 Å². The summed E-state index contributed by atoms with van der Waals surface area (Å²) in [5.41, 5.74) is 2.25. The van der Waals surface area contributed by atoms with Crippen LogP contribution in [-0.2, 0) is 0 Å². The van der Waals surface area contributed by atoms with E-state index in [9.17, 15) is 4.79 Å². The molecule has 0 aliphatic carbocycles. The second-order valence-corrected chi connectivity index (χ2v) is 6.93. The molecule has 3 aromatic carbocycles. The molecule has 0 bridgehead atoms. The standard InChI is InChI=1S/C23H23NO/c25-23(21-11-10-19-8-4-5-9-20(19)16-21)13-15-24-14-12-22(17-24)18-6-2-1-3-7-18/h1-11,16,22H,12-15,17H2/t22-/m1/s1. The van der Waals surface area contributed by atoms with Crippen molar-refractivity contribution in [1.82, 2.24) is 4.90 Å². The van der Waals surface area contributed by atoms with Crippen molar-refractivity contribution in [3.8, 4) is 0 Å². The molecule has 1 heterocycles. The monoisotopic (exact) mass is 329 g/mol. The molecule has 2 heteroatoms. The smallest absolute Gasteiger partial charge is 0.164 e. The normalized spacial score (nSPS) is 17.8. The van der Waals surface area contributed by atoms with Gasteiger partial charge in [-0.3, -0.25) is 4.79 Å². The van der Waals surface area contributed by atoms with Gasteiger partial charge in [-0.05, 0) is 41.3 Å². The molecular formula is C23H23NO. The van der Waals surface area contributed by atoms with Crippen molar-refractivity contribution in [1.29, 1.82) is 0 Å². The van der Waals surface area contributed by atoms with Gasteiger partial charge >= 0.3 is 0 Å². The van der Waals surface area contributed by atoms with Gasteiger partial charge in [-0.25, -0.2) is 0 Å². The Bertz CT molecular complexity index is 871. The molecule has 0 aromatic heterocycles. The van der Waals surface area contributed by atoms with Crippen molar-refractivity contribution in [2.75, 3.05) is 19.6 Å². The van der Waals surface area contributed by atoms with Crippen LogP contribution in [0.15, 0.2) is 72.8 Å². The number of hydrogen-bond acceptors (Lipinski definition) is 2. The van der Waals surface area contributed by atoms with Crippen molar-refractivity contribution >= 4 is 16.6 Å². The number of hydrogen-bond donors (Lipinski definition) is 0. The molecule has 0 unspecified atom stereocenters. The minimum Gasteiger partial charge on any atom is -0.302 e. The quantitative estimate of drug-likeness (QED) is 0.620. The zero-order valence-electron chi connectivity index (χ0n) is 14.4. The predicted octanol–water partition coefficient (Wildman–Crippen LogP) is 4.90. The van der Waals surface area contributed by atoms with Gasteiger partial charge in [-0.2, -0.15) is 0 Å². The molecule has 126 valence electrons. The van der Waals surface area contributed by atoms with E-state index in [1.807, 2.05) is 30.3 Å². The molecule has 0 radical (unpaired) electrons. The Hall–Kier alpha value is -2.45. The number of ketones is 1. The highest BCUT2D eigenvalue weighted by Crippen LogP contribution is 2.27. The number of carbonyl (C=O) groups excluding carboxylic acids is 1. The summed E-state index contributed by atoms with van der Waals surface area (Å²) in [7, 11) is 0. The van der Waals surface area contributed by atoms with Crippen LogP contribution < -0.4 is 0 Å². The summed E-state index contributed by atoms with van der Waals surface area (Å²) < 4.78 is 0. The average Bonchev–Trinajstić information content (AvgIpc) is 3.15. The Labute approximate surface area is 149 Å². The van der Waals surface area contributed by atoms with Crippen molar-refractivity contribution in [3.63, 3.8) is 0 Å². The molecule has 25 heavy (non-hydrogen) atoms. The van der Waals surface area contributed by atoms with Gasteiger partial charge in [0, 0.05) is 25.1 Å². The molecule has 3 aromatic rings. The van der Waals surface area contributed by atoms with Crippen LogP contribution in [0, 0.1) is 0 Å². The molecule has 0 saturated carbocycles. The minimum absolute atomic E-state index is 0.244. The highest BCUT2D eigenvalue weighted by atomic mass is 16.1. The van der Waals surface area contributed by atoms with E-state index >= 15 is 0 Å². The molecule has 1 fully saturated rings. The largest absolute Gasteiger partial charge is 0.302 e. The Morgan fingerprint density at radius 2 is 1.68 bits per heavy atom. The molecule has 1 atom stereocenters. The van der Waals surface area contributed by atoms with E-state index in [0.29, 0.717) is 12.3 Å². The lowest BCUT2D eigenvalue weighted by Gasteiger charge is -2.15. The topological polar surface area (TPSA) is 20.3 Å². The minimum atomic E-state index is 0.244. The molecular weight excluding hydrogens is 306 g/mol. The lowest BCUT2D eigenvalue weighted by Crippen LogP contribution is -2.23. The highest BCUT2D eigenvalue weighted by Gasteiger charge is 2.23. The van der Waals surface area contributed by atoms with Gasteiger partial charge in [0.05, 0.1) is 0 Å². The van der Waals surface area contributed by atoms with Crippen LogP contribution in [0.2, 0.25) is 0 Å². The summed E-state index contributed by atoms with van der Waals surface area (Å²) in [6.45, 7) is 3.01. The molecule has 1 aliphatic rings. The average molecular weight is 329 g/mol. The molecule has 2 nitrogen and oxygen atoms in total. The van der Waals surface area contributed by atoms with E-state index in [2.05, 4.69) is 47.4 Å². The molecule has 0 amide bonds. The molecule has 0 N–H and O–H groups in total. The summed E-state index contributed by atoms with van der Waals surface area (Å²) in [4.78, 5) is 15.0. The Morgan fingerprint density at radius 3 is 2.52 bits per heavy atom. The zero-order chi connectivity index (χ0) is 17.1. The number of rotatable bonds is 5. The summed E-state index contributed by atoms with van der Waals surface area (Å²) in [6, 6.07) is 24.9. The molecule has 1 aliphatic heterocycles. The van der Waals surface area contributed by atoms with E-state index in [1.165, 1.54) is 17.4 Å². The summed E-state index contributed by atoms with van der Waals surface area (Å²) in [5, 5.41) is 2.32. The fourth-order valence-corrected chi connectivity index (χ4v) is 3.80. The van der Waals surface area contributed by atoms with Crippen LogP contribution in [0.5, 0.6) is 0 Å². The number of carbonyl (C=O) groups is 1. The van der Waals surface area contributed by atoms with Crippen molar-refractivity contribution in [2.24, 2.45) is 0 Å². The van der Waals surface area contributed by atoms with E-state index < -0.39 is 0 Å². The maximum Gasteiger partial charge on any atom is 0.164 e. The number of nitrogens with zero attached hydrogens (tertiary/aromatic N) is 1. The number of Topliss-reactive ketones (excluding diaryl/α,β-unsaturated/α-hetero) is 1. The maximum absolute atomic E-state index is 12.6. The first-order valence-electron chi connectivity index (χ1n) is 9.09. The van der Waals surface area contributed by atoms with E-state index in [1.54, 1.807) is 0 Å². The first-order chi connectivity index (χ1) is 12.3. The van der Waals surface area contributed by atoms with Crippen molar-refractivity contribution in [2.45, 2.75) is 18.8 Å². The Balaban J connectivity index is 1.35. The summed E-state index contributed by atoms with van der Waals surface area (Å²) in [6.07, 6.45) is 1.79. The van der Waals surface area contributed by atoms with Crippen LogP contribution in [0.4, 0.5) is 0 Å². The van der Waals surface area contributed by atoms with Crippen LogP contribution in [0.3, 0.4) is 0 Å². The second kappa shape index (κ2) is 7.20. The third-order valence-electron chi connectivity index (χ3n) is 5.27. The lowest BCUT2D eigenvalue weighted by molar-refractivity contribution is 0.0969. The van der Waals surface area contributed by atoms with E-state index in [4.69, 9.17) is 0 Å².